The van der Waals surface area contributed by atoms with E-state index in [2.05, 4.69) is 14.8 Å². The molecule has 0 radical (unpaired) electrons. The van der Waals surface area contributed by atoms with E-state index in [-0.39, 0.29) is 5.82 Å². The first-order chi connectivity index (χ1) is 37.8. The number of carbonyl (C=O) groups is 1. The summed E-state index contributed by atoms with van der Waals surface area (Å²) in [5.41, 5.74) is 5.62. The van der Waals surface area contributed by atoms with E-state index in [0.29, 0.717) is 13.7 Å². The van der Waals surface area contributed by atoms with Gasteiger partial charge in [-0.05, 0) is 12.1 Å². The molecule has 2 amide bonds. The van der Waals surface area contributed by atoms with E-state index < -0.39 is 196 Å². The number of ether oxygens (including phenoxy) is 4. The highest BCUT2D eigenvalue weighted by Crippen LogP contribution is 2.54. The summed E-state index contributed by atoms with van der Waals surface area (Å²) in [4.78, 5) is 134. The summed E-state index contributed by atoms with van der Waals surface area (Å²) < 4.78 is 112. The van der Waals surface area contributed by atoms with Crippen molar-refractivity contribution in [2.45, 2.75) is 104 Å². The number of nitrogens with two attached hydrogens (primary N) is 2. The van der Waals surface area contributed by atoms with Crippen LogP contribution in [-0.2, 0) is 68.9 Å². The Morgan fingerprint density at radius 2 is 0.938 bits per heavy atom. The van der Waals surface area contributed by atoms with Crippen LogP contribution in [-0.4, -0.2) is 202 Å². The first-order valence-electron chi connectivity index (χ1n) is 23.0. The molecule has 17 N–H and O–H groups in total. The molecule has 3 aromatic heterocycles. The average molecular weight is 1240 g/mol. The lowest BCUT2D eigenvalue weighted by molar-refractivity contribution is -0.0703. The topological polar surface area (TPSA) is 601 Å². The monoisotopic (exact) mass is 1240 g/mol. The van der Waals surface area contributed by atoms with E-state index in [0.717, 1.165) is 47.9 Å². The number of anilines is 1. The Labute approximate surface area is 448 Å². The number of H-pyrrole nitrogens is 2. The lowest BCUT2D eigenvalue weighted by Gasteiger charge is -2.31. The predicted octanol–water partition coefficient (Wildman–Crippen LogP) is -7.41. The van der Waals surface area contributed by atoms with Crippen LogP contribution >= 0.6 is 31.3 Å². The molecular formula is C36H50N10O31P4. The number of phosphoric ester groups is 4. The first kappa shape index (κ1) is 62.1. The second kappa shape index (κ2) is 24.4. The molecule has 20 unspecified atom stereocenters. The van der Waals surface area contributed by atoms with Crippen LogP contribution in [0.15, 0.2) is 73.0 Å². The second-order valence-electron chi connectivity index (χ2n) is 17.8. The maximum Gasteiger partial charge on any atom is 0.472 e. The molecular weight excluding hydrogens is 1190 g/mol. The van der Waals surface area contributed by atoms with Gasteiger partial charge in [0.1, 0.15) is 79.1 Å². The number of nitrogen functional groups attached to an aromatic ring is 1. The molecule has 5 aliphatic heterocycles. The third-order valence-electron chi connectivity index (χ3n) is 12.3. The lowest BCUT2D eigenvalue weighted by Crippen LogP contribution is -2.55. The van der Waals surface area contributed by atoms with Gasteiger partial charge in [0.2, 0.25) is 0 Å². The number of aromatic amines is 2. The maximum atomic E-state index is 13.8. The van der Waals surface area contributed by atoms with Crippen LogP contribution in [0.3, 0.4) is 0 Å². The number of aromatic nitrogens is 6. The molecule has 0 aliphatic carbocycles. The number of urea groups is 1. The Bertz CT molecular complexity index is 3340. The van der Waals surface area contributed by atoms with Gasteiger partial charge in [0, 0.05) is 36.9 Å². The second-order valence-corrected chi connectivity index (χ2v) is 23.3. The van der Waals surface area contributed by atoms with Crippen molar-refractivity contribution in [3.63, 3.8) is 0 Å². The average Bonchev–Trinajstić information content (AvgIpc) is 4.14. The molecule has 4 fully saturated rings. The summed E-state index contributed by atoms with van der Waals surface area (Å²) in [5.74, 6) is -0.282. The lowest BCUT2D eigenvalue weighted by atomic mass is 10.1. The third-order valence-corrected chi connectivity index (χ3v) is 15.7. The van der Waals surface area contributed by atoms with Crippen LogP contribution in [0, 0.1) is 0 Å². The van der Waals surface area contributed by atoms with Crippen LogP contribution in [0.5, 0.6) is 0 Å². The fourth-order valence-corrected chi connectivity index (χ4v) is 11.8. The van der Waals surface area contributed by atoms with Crippen molar-refractivity contribution in [3.05, 3.63) is 101 Å². The number of rotatable bonds is 22. The van der Waals surface area contributed by atoms with Crippen molar-refractivity contribution < 1.29 is 124 Å². The maximum absolute atomic E-state index is 13.8. The van der Waals surface area contributed by atoms with Crippen molar-refractivity contribution in [1.29, 1.82) is 0 Å². The minimum absolute atomic E-state index is 0.282. The third kappa shape index (κ3) is 14.5. The van der Waals surface area contributed by atoms with Crippen LogP contribution in [0.1, 0.15) is 18.7 Å². The standard InChI is InChI=1S/C36H50N10O31P4/c37-17-1-5-43(33(54)39-17)29-22(50)21(49)13(71-29)9-68-79(61,62)76-27-15(73-31(24(27)52)45-7-3-19(47)41-35(45)56)11-70-81(65,66)77-28-16(74-32(25(28)53)46-8-4-20(48)42-36(46)57)12-69-80(63,64)75-26-14(10-67-78(58,59)60)72-30(23(26)51)44-6-2-18(38)40-34(44)55/h1-8,13-17,21-32,49-53H,9-12,37H2,(H,39,54)(H,61,62)(H,63,64)(H,65,66)(H2,38,40,55)(H,41,47,56)(H,42,48,57)(H2,58,59,60). The molecule has 450 valence electrons. The SMILES string of the molecule is Nc1ccn(C2OC(COP(=O)(O)O)C(OP(=O)(O)OCC3OC(n4ccc(=O)[nH]c4=O)C(O)C3OP(=O)(O)OCC3OC(n4ccc(=O)[nH]c4=O)C(O)C3OP(=O)(O)OCC3OC(N4C=CC(N)NC4=O)C(O)C3O)C2O)c(=O)n1. The summed E-state index contributed by atoms with van der Waals surface area (Å²) in [7, 11) is -22.4. The molecule has 45 heteroatoms. The van der Waals surface area contributed by atoms with Gasteiger partial charge in [-0.2, -0.15) is 4.98 Å². The number of phosphoric acid groups is 4. The first-order valence-corrected chi connectivity index (χ1v) is 29.0. The van der Waals surface area contributed by atoms with Crippen LogP contribution in [0.2, 0.25) is 0 Å². The molecule has 8 rings (SSSR count). The van der Waals surface area contributed by atoms with Gasteiger partial charge >= 0.3 is 54.4 Å². The van der Waals surface area contributed by atoms with E-state index in [4.69, 9.17) is 57.6 Å². The molecule has 20 atom stereocenters. The van der Waals surface area contributed by atoms with Gasteiger partial charge in [-0.25, -0.2) is 37.4 Å². The van der Waals surface area contributed by atoms with E-state index in [9.17, 15) is 97.0 Å². The summed E-state index contributed by atoms with van der Waals surface area (Å²) >= 11 is 0. The highest BCUT2D eigenvalue weighted by atomic mass is 31.2. The number of nitrogens with zero attached hydrogens (tertiary/aromatic N) is 5. The zero-order valence-corrected chi connectivity index (χ0v) is 44.1. The van der Waals surface area contributed by atoms with Crippen molar-refractivity contribution in [3.8, 4) is 0 Å². The number of amides is 2. The smallest absolute Gasteiger partial charge is 0.387 e. The molecule has 8 heterocycles. The number of aliphatic hydroxyl groups is 5. The molecule has 41 nitrogen and oxygen atoms in total. The number of hydrogen-bond acceptors (Lipinski definition) is 29. The van der Waals surface area contributed by atoms with Crippen LogP contribution in [0.4, 0.5) is 10.6 Å². The van der Waals surface area contributed by atoms with E-state index >= 15 is 0 Å². The van der Waals surface area contributed by atoms with Crippen LogP contribution < -0.4 is 45.0 Å². The predicted molar refractivity (Wildman–Crippen MR) is 253 cm³/mol. The number of carbonyl (C=O) groups excluding carboxylic acids is 1. The number of nitrogens with one attached hydrogen (secondary N) is 3. The fraction of sp³-hybridized carbons (Fsp3) is 0.583. The Kier molecular flexibility index (Phi) is 18.7. The highest BCUT2D eigenvalue weighted by molar-refractivity contribution is 7.48. The summed E-state index contributed by atoms with van der Waals surface area (Å²) in [6.07, 6.45) is -28.2. The highest BCUT2D eigenvalue weighted by Gasteiger charge is 2.55. The zero-order valence-electron chi connectivity index (χ0n) is 40.5. The van der Waals surface area contributed by atoms with Gasteiger partial charge in [-0.15, -0.1) is 0 Å². The van der Waals surface area contributed by atoms with Gasteiger partial charge in [0.05, 0.1) is 32.6 Å². The summed E-state index contributed by atoms with van der Waals surface area (Å²) in [6.45, 7) is -4.97. The normalized spacial score (nSPS) is 34.7. The van der Waals surface area contributed by atoms with Gasteiger partial charge in [0.25, 0.3) is 11.1 Å². The Morgan fingerprint density at radius 1 is 0.543 bits per heavy atom. The van der Waals surface area contributed by atoms with Crippen molar-refractivity contribution in [2.24, 2.45) is 5.73 Å². The van der Waals surface area contributed by atoms with Gasteiger partial charge in [-0.3, -0.25) is 69.8 Å². The molecule has 3 aromatic rings. The van der Waals surface area contributed by atoms with Gasteiger partial charge in [0.15, 0.2) is 24.9 Å². The summed E-state index contributed by atoms with van der Waals surface area (Å²) in [6, 6.07) is 1.78. The molecule has 0 aromatic carbocycles. The van der Waals surface area contributed by atoms with Crippen molar-refractivity contribution >= 4 is 43.1 Å². The largest absolute Gasteiger partial charge is 0.472 e. The summed E-state index contributed by atoms with van der Waals surface area (Å²) in [5, 5.41) is 57.6. The quantitative estimate of drug-likeness (QED) is 0.0416. The van der Waals surface area contributed by atoms with E-state index in [1.54, 1.807) is 0 Å². The van der Waals surface area contributed by atoms with Crippen molar-refractivity contribution in [1.82, 2.24) is 38.9 Å². The van der Waals surface area contributed by atoms with Crippen LogP contribution in [0.25, 0.3) is 0 Å². The molecule has 5 aliphatic rings. The number of hydrogen-bond donors (Lipinski definition) is 15. The molecule has 0 bridgehead atoms. The zero-order chi connectivity index (χ0) is 59.3. The van der Waals surface area contributed by atoms with E-state index in [1.807, 2.05) is 9.97 Å². The Morgan fingerprint density at radius 3 is 1.35 bits per heavy atom. The van der Waals surface area contributed by atoms with Gasteiger partial charge in [-0.1, -0.05) is 0 Å². The van der Waals surface area contributed by atoms with E-state index in [1.165, 1.54) is 6.08 Å². The Balaban J connectivity index is 0.989. The van der Waals surface area contributed by atoms with Crippen molar-refractivity contribution in [2.75, 3.05) is 32.2 Å². The molecule has 81 heavy (non-hydrogen) atoms. The number of aliphatic hydroxyl groups excluding tert-OH is 5. The minimum atomic E-state index is -5.83. The van der Waals surface area contributed by atoms with Gasteiger partial charge < -0.3 is 85.7 Å². The molecule has 0 spiro atoms. The fourth-order valence-electron chi connectivity index (χ4n) is 8.56. The Hall–Kier alpha value is -4.91. The molecule has 0 saturated carbocycles. The minimum Gasteiger partial charge on any atom is -0.387 e. The molecule has 4 saturated heterocycles.